The predicted molar refractivity (Wildman–Crippen MR) is 81.6 cm³/mol. The average Bonchev–Trinajstić information content (AvgIpc) is 2.87. The first kappa shape index (κ1) is 12.2. The summed E-state index contributed by atoms with van der Waals surface area (Å²) in [6, 6.07) is 10.6. The quantitative estimate of drug-likeness (QED) is 0.500. The molecule has 102 valence electrons. The van der Waals surface area contributed by atoms with Crippen LogP contribution in [0.1, 0.15) is 16.7 Å². The summed E-state index contributed by atoms with van der Waals surface area (Å²) in [6.07, 6.45) is 6.62. The Labute approximate surface area is 124 Å². The fraction of sp³-hybridized carbons (Fsp3) is 0.167. The fourth-order valence-corrected chi connectivity index (χ4v) is 3.19. The molecule has 1 aliphatic rings. The minimum absolute atomic E-state index is 0.907. The molecular formula is C18H16N3+. The molecule has 1 aliphatic carbocycles. The molecule has 0 amide bonds. The Balaban J connectivity index is 2.01. The molecule has 3 nitrogen and oxygen atoms in total. The van der Waals surface area contributed by atoms with Crippen LogP contribution in [0, 0.1) is 6.92 Å². The standard InChI is InChI=1S/C18H16N3/c1-12-5-3-4-6-14(12)18-16-9-13-10-19-8-7-15(13)17(16)20-11-21(18)2/h3-8,10-11H,9H2,1-2H3/q+1. The van der Waals surface area contributed by atoms with Crippen LogP contribution < -0.4 is 4.57 Å². The molecule has 21 heavy (non-hydrogen) atoms. The van der Waals surface area contributed by atoms with Gasteiger partial charge in [0.15, 0.2) is 5.69 Å². The van der Waals surface area contributed by atoms with Gasteiger partial charge < -0.3 is 0 Å². The van der Waals surface area contributed by atoms with E-state index in [0.717, 1.165) is 12.1 Å². The second-order valence-electron chi connectivity index (χ2n) is 5.56. The van der Waals surface area contributed by atoms with Crippen molar-refractivity contribution in [2.24, 2.45) is 7.05 Å². The van der Waals surface area contributed by atoms with Gasteiger partial charge >= 0.3 is 0 Å². The van der Waals surface area contributed by atoms with Crippen LogP contribution in [0.25, 0.3) is 22.5 Å². The third-order valence-electron chi connectivity index (χ3n) is 4.21. The van der Waals surface area contributed by atoms with Crippen molar-refractivity contribution in [2.45, 2.75) is 13.3 Å². The maximum Gasteiger partial charge on any atom is 0.287 e. The normalized spacial score (nSPS) is 12.1. The van der Waals surface area contributed by atoms with Crippen LogP contribution >= 0.6 is 0 Å². The van der Waals surface area contributed by atoms with Gasteiger partial charge in [0, 0.05) is 29.9 Å². The van der Waals surface area contributed by atoms with Gasteiger partial charge in [0.2, 0.25) is 0 Å². The molecule has 4 rings (SSSR count). The van der Waals surface area contributed by atoms with Gasteiger partial charge in [0.1, 0.15) is 5.69 Å². The van der Waals surface area contributed by atoms with E-state index in [-0.39, 0.29) is 0 Å². The predicted octanol–water partition coefficient (Wildman–Crippen LogP) is 2.85. The van der Waals surface area contributed by atoms with Crippen LogP contribution in [-0.4, -0.2) is 9.97 Å². The average molecular weight is 274 g/mol. The number of hydrogen-bond donors (Lipinski definition) is 0. The highest BCUT2D eigenvalue weighted by Crippen LogP contribution is 2.38. The molecule has 0 N–H and O–H groups in total. The van der Waals surface area contributed by atoms with Gasteiger partial charge in [0.05, 0.1) is 12.6 Å². The molecule has 1 aromatic carbocycles. The molecule has 0 unspecified atom stereocenters. The minimum atomic E-state index is 0.907. The highest BCUT2D eigenvalue weighted by atomic mass is 15.0. The molecule has 0 spiro atoms. The topological polar surface area (TPSA) is 29.7 Å². The van der Waals surface area contributed by atoms with Crippen molar-refractivity contribution in [2.75, 3.05) is 0 Å². The maximum absolute atomic E-state index is 4.65. The van der Waals surface area contributed by atoms with E-state index in [1.165, 1.54) is 33.5 Å². The zero-order valence-corrected chi connectivity index (χ0v) is 12.2. The van der Waals surface area contributed by atoms with Crippen molar-refractivity contribution in [1.82, 2.24) is 9.97 Å². The highest BCUT2D eigenvalue weighted by Gasteiger charge is 2.30. The van der Waals surface area contributed by atoms with Crippen LogP contribution in [0.3, 0.4) is 0 Å². The number of pyridine rings is 1. The Morgan fingerprint density at radius 1 is 1.10 bits per heavy atom. The number of fused-ring (bicyclic) bond motifs is 3. The Morgan fingerprint density at radius 3 is 2.81 bits per heavy atom. The first-order chi connectivity index (χ1) is 10.3. The molecule has 0 bridgehead atoms. The molecule has 3 heteroatoms. The molecule has 0 atom stereocenters. The van der Waals surface area contributed by atoms with E-state index >= 15 is 0 Å². The number of hydrogen-bond acceptors (Lipinski definition) is 2. The largest absolute Gasteiger partial charge is 0.287 e. The molecule has 0 saturated carbocycles. The highest BCUT2D eigenvalue weighted by molar-refractivity contribution is 5.79. The third kappa shape index (κ3) is 1.77. The Morgan fingerprint density at radius 2 is 1.95 bits per heavy atom. The van der Waals surface area contributed by atoms with Crippen molar-refractivity contribution in [3.05, 3.63) is 65.7 Å². The first-order valence-electron chi connectivity index (χ1n) is 7.12. The van der Waals surface area contributed by atoms with Crippen molar-refractivity contribution < 1.29 is 4.57 Å². The lowest BCUT2D eigenvalue weighted by Crippen LogP contribution is -2.33. The zero-order chi connectivity index (χ0) is 14.4. The van der Waals surface area contributed by atoms with Gasteiger partial charge in [-0.2, -0.15) is 0 Å². The minimum Gasteiger partial charge on any atom is -0.264 e. The molecule has 0 fully saturated rings. The number of aromatic nitrogens is 3. The Hall–Kier alpha value is -2.55. The zero-order valence-electron chi connectivity index (χ0n) is 12.2. The van der Waals surface area contributed by atoms with Crippen molar-refractivity contribution >= 4 is 0 Å². The number of rotatable bonds is 1. The van der Waals surface area contributed by atoms with Crippen LogP contribution in [0.4, 0.5) is 0 Å². The summed E-state index contributed by atoms with van der Waals surface area (Å²) in [5.74, 6) is 0. The van der Waals surface area contributed by atoms with Crippen LogP contribution in [-0.2, 0) is 13.5 Å². The molecule has 0 aliphatic heterocycles. The van der Waals surface area contributed by atoms with Crippen LogP contribution in [0.5, 0.6) is 0 Å². The van der Waals surface area contributed by atoms with E-state index in [4.69, 9.17) is 0 Å². The Bertz CT molecular complexity index is 853. The summed E-state index contributed by atoms with van der Waals surface area (Å²) in [5.41, 5.74) is 8.71. The van der Waals surface area contributed by atoms with Gasteiger partial charge in [-0.05, 0) is 29.1 Å². The summed E-state index contributed by atoms with van der Waals surface area (Å²) in [5, 5.41) is 0. The summed E-state index contributed by atoms with van der Waals surface area (Å²) in [4.78, 5) is 8.90. The summed E-state index contributed by atoms with van der Waals surface area (Å²) in [7, 11) is 2.07. The molecule has 2 aromatic heterocycles. The second kappa shape index (κ2) is 4.48. The molecule has 2 heterocycles. The van der Waals surface area contributed by atoms with E-state index in [1.54, 1.807) is 0 Å². The van der Waals surface area contributed by atoms with Crippen molar-refractivity contribution in [1.29, 1.82) is 0 Å². The lowest BCUT2D eigenvalue weighted by atomic mass is 10.00. The van der Waals surface area contributed by atoms with E-state index in [0.29, 0.717) is 0 Å². The molecular weight excluding hydrogens is 258 g/mol. The Kier molecular flexibility index (Phi) is 2.61. The summed E-state index contributed by atoms with van der Waals surface area (Å²) >= 11 is 0. The summed E-state index contributed by atoms with van der Waals surface area (Å²) in [6.45, 7) is 2.16. The SMILES string of the molecule is Cc1ccccc1-c1c2c(nc[n+]1C)-c1ccncc1C2. The van der Waals surface area contributed by atoms with Crippen molar-refractivity contribution in [3.8, 4) is 22.5 Å². The van der Waals surface area contributed by atoms with Gasteiger partial charge in [-0.3, -0.25) is 4.98 Å². The van der Waals surface area contributed by atoms with Gasteiger partial charge in [0.25, 0.3) is 6.33 Å². The number of nitrogens with zero attached hydrogens (tertiary/aromatic N) is 3. The maximum atomic E-state index is 4.65. The molecule has 0 radical (unpaired) electrons. The van der Waals surface area contributed by atoms with Gasteiger partial charge in [-0.15, -0.1) is 0 Å². The van der Waals surface area contributed by atoms with E-state index in [9.17, 15) is 0 Å². The van der Waals surface area contributed by atoms with Crippen LogP contribution in [0.2, 0.25) is 0 Å². The van der Waals surface area contributed by atoms with E-state index < -0.39 is 0 Å². The smallest absolute Gasteiger partial charge is 0.264 e. The second-order valence-corrected chi connectivity index (χ2v) is 5.56. The van der Waals surface area contributed by atoms with Crippen LogP contribution in [0.15, 0.2) is 49.1 Å². The lowest BCUT2D eigenvalue weighted by molar-refractivity contribution is -0.663. The fourth-order valence-electron chi connectivity index (χ4n) is 3.19. The number of aryl methyl sites for hydroxylation is 2. The van der Waals surface area contributed by atoms with Gasteiger partial charge in [-0.25, -0.2) is 4.57 Å². The summed E-state index contributed by atoms with van der Waals surface area (Å²) < 4.78 is 2.13. The number of benzene rings is 1. The lowest BCUT2D eigenvalue weighted by Gasteiger charge is -2.09. The first-order valence-corrected chi connectivity index (χ1v) is 7.12. The van der Waals surface area contributed by atoms with E-state index in [1.807, 2.05) is 18.7 Å². The monoisotopic (exact) mass is 274 g/mol. The molecule has 0 saturated heterocycles. The van der Waals surface area contributed by atoms with Gasteiger partial charge in [-0.1, -0.05) is 24.3 Å². The third-order valence-corrected chi connectivity index (χ3v) is 4.21. The van der Waals surface area contributed by atoms with E-state index in [2.05, 4.69) is 58.8 Å². The van der Waals surface area contributed by atoms with Crippen molar-refractivity contribution in [3.63, 3.8) is 0 Å². The molecule has 3 aromatic rings.